The van der Waals surface area contributed by atoms with Crippen molar-refractivity contribution in [3.63, 3.8) is 0 Å². The summed E-state index contributed by atoms with van der Waals surface area (Å²) in [5, 5.41) is 9.95. The molecule has 1 unspecified atom stereocenters. The Morgan fingerprint density at radius 2 is 1.68 bits per heavy atom. The van der Waals surface area contributed by atoms with Gasteiger partial charge in [0.25, 0.3) is 0 Å². The van der Waals surface area contributed by atoms with Gasteiger partial charge in [0.2, 0.25) is 5.78 Å². The normalized spacial score (nSPS) is 18.2. The second-order valence-electron chi connectivity index (χ2n) is 7.13. The Hall–Kier alpha value is -1.00. The minimum Gasteiger partial charge on any atom is -0.507 e. The van der Waals surface area contributed by atoms with Crippen molar-refractivity contribution in [1.29, 1.82) is 0 Å². The Balaban J connectivity index is 2.37. The molecule has 1 atom stereocenters. The van der Waals surface area contributed by atoms with Gasteiger partial charge in [0.1, 0.15) is 17.3 Å². The molecular weight excluding hydrogens is 296 g/mol. The highest BCUT2D eigenvalue weighted by atomic mass is 32.2. The molecule has 1 aliphatic heterocycles. The van der Waals surface area contributed by atoms with E-state index in [9.17, 15) is 9.90 Å². The van der Waals surface area contributed by atoms with E-state index in [2.05, 4.69) is 20.8 Å². The number of hydrogen-bond acceptors (Lipinski definition) is 3. The van der Waals surface area contributed by atoms with E-state index in [4.69, 9.17) is 4.74 Å². The van der Waals surface area contributed by atoms with Crippen LogP contribution in [-0.2, 0) is 15.6 Å². The minimum atomic E-state index is -0.0722. The molecule has 1 aliphatic rings. The van der Waals surface area contributed by atoms with Gasteiger partial charge < -0.3 is 9.84 Å². The third-order valence-electron chi connectivity index (χ3n) is 4.11. The van der Waals surface area contributed by atoms with Crippen LogP contribution in [0, 0.1) is 19.3 Å². The van der Waals surface area contributed by atoms with Gasteiger partial charge in [-0.15, -0.1) is 0 Å². The second kappa shape index (κ2) is 6.63. The quantitative estimate of drug-likeness (QED) is 0.686. The molecule has 1 aromatic rings. The first-order chi connectivity index (χ1) is 10.2. The van der Waals surface area contributed by atoms with Crippen LogP contribution in [0.15, 0.2) is 12.1 Å². The summed E-state index contributed by atoms with van der Waals surface area (Å²) < 4.78 is 5.46. The van der Waals surface area contributed by atoms with E-state index in [0.717, 1.165) is 41.4 Å². The Labute approximate surface area is 136 Å². The van der Waals surface area contributed by atoms with Gasteiger partial charge in [-0.05, 0) is 37.1 Å². The number of phenolic OH excluding ortho intramolecular Hbond substituents is 1. The monoisotopic (exact) mass is 323 g/mol. The van der Waals surface area contributed by atoms with Crippen molar-refractivity contribution in [3.05, 3.63) is 28.8 Å². The van der Waals surface area contributed by atoms with E-state index in [1.165, 1.54) is 0 Å². The zero-order chi connectivity index (χ0) is 16.5. The molecule has 0 aromatic heterocycles. The molecule has 1 N–H and O–H groups in total. The fourth-order valence-corrected chi connectivity index (χ4v) is 5.84. The summed E-state index contributed by atoms with van der Waals surface area (Å²) in [4.78, 5) is 13.2. The molecule has 0 amide bonds. The lowest BCUT2D eigenvalue weighted by Gasteiger charge is -2.31. The molecular formula is C18H27O3S+. The highest BCUT2D eigenvalue weighted by Gasteiger charge is 2.46. The molecule has 122 valence electrons. The number of benzene rings is 1. The highest BCUT2D eigenvalue weighted by molar-refractivity contribution is 7.98. The highest BCUT2D eigenvalue weighted by Crippen LogP contribution is 2.33. The largest absolute Gasteiger partial charge is 0.507 e. The van der Waals surface area contributed by atoms with Crippen molar-refractivity contribution in [3.8, 4) is 5.75 Å². The van der Waals surface area contributed by atoms with Crippen molar-refractivity contribution in [1.82, 2.24) is 0 Å². The van der Waals surface area contributed by atoms with Crippen molar-refractivity contribution < 1.29 is 14.6 Å². The smallest absolute Gasteiger partial charge is 0.215 e. The third kappa shape index (κ3) is 3.66. The van der Waals surface area contributed by atoms with Crippen LogP contribution in [0.3, 0.4) is 0 Å². The van der Waals surface area contributed by atoms with Crippen molar-refractivity contribution in [2.45, 2.75) is 39.9 Å². The predicted molar refractivity (Wildman–Crippen MR) is 93.1 cm³/mol. The maximum absolute atomic E-state index is 13.2. The predicted octanol–water partition coefficient (Wildman–Crippen LogP) is 3.25. The second-order valence-corrected chi connectivity index (χ2v) is 9.49. The molecule has 0 bridgehead atoms. The average molecular weight is 323 g/mol. The number of aryl methyl sites for hydroxylation is 2. The van der Waals surface area contributed by atoms with Crippen molar-refractivity contribution in [2.24, 2.45) is 5.41 Å². The number of phenols is 1. The number of hydrogen-bond donors (Lipinski definition) is 1. The summed E-state index contributed by atoms with van der Waals surface area (Å²) in [6.07, 6.45) is 0. The first-order valence-corrected chi connectivity index (χ1v) is 9.43. The van der Waals surface area contributed by atoms with Gasteiger partial charge in [-0.3, -0.25) is 4.79 Å². The van der Waals surface area contributed by atoms with Crippen LogP contribution in [-0.4, -0.2) is 40.9 Å². The molecule has 22 heavy (non-hydrogen) atoms. The number of carbonyl (C=O) groups excluding carboxylic acids is 1. The maximum atomic E-state index is 13.2. The van der Waals surface area contributed by atoms with Gasteiger partial charge in [0.15, 0.2) is 5.25 Å². The van der Waals surface area contributed by atoms with Gasteiger partial charge in [0.05, 0.1) is 13.2 Å². The molecule has 1 aromatic carbocycles. The van der Waals surface area contributed by atoms with Gasteiger partial charge >= 0.3 is 0 Å². The third-order valence-corrected chi connectivity index (χ3v) is 7.08. The van der Waals surface area contributed by atoms with Crippen LogP contribution in [0.1, 0.15) is 42.3 Å². The molecule has 0 radical (unpaired) electrons. The maximum Gasteiger partial charge on any atom is 0.215 e. The minimum absolute atomic E-state index is 0.0137. The molecule has 4 heteroatoms. The first-order valence-electron chi connectivity index (χ1n) is 7.80. The van der Waals surface area contributed by atoms with Crippen LogP contribution in [0.25, 0.3) is 0 Å². The number of carbonyl (C=O) groups is 1. The molecule has 1 saturated heterocycles. The SMILES string of the molecule is Cc1cc(C(=O)C([S+]2CCOCC2)C(C)(C)C)cc(C)c1O. The number of rotatable bonds is 3. The van der Waals surface area contributed by atoms with Crippen LogP contribution >= 0.6 is 0 Å². The zero-order valence-corrected chi connectivity index (χ0v) is 15.0. The fraction of sp³-hybridized carbons (Fsp3) is 0.611. The molecule has 0 saturated carbocycles. The summed E-state index contributed by atoms with van der Waals surface area (Å²) in [5.74, 6) is 2.45. The number of ketones is 1. The average Bonchev–Trinajstić information content (AvgIpc) is 2.44. The standard InChI is InChI=1S/C18H26O3S/c1-12-10-14(11-13(2)15(12)19)16(20)17(18(3,4)5)22-8-6-21-7-9-22/h10-11,17H,6-9H2,1-5H3/p+1. The molecule has 0 aliphatic carbocycles. The van der Waals surface area contributed by atoms with Crippen LogP contribution in [0.5, 0.6) is 5.75 Å². The molecule has 3 nitrogen and oxygen atoms in total. The van der Waals surface area contributed by atoms with Crippen LogP contribution in [0.4, 0.5) is 0 Å². The Morgan fingerprint density at radius 1 is 1.18 bits per heavy atom. The summed E-state index contributed by atoms with van der Waals surface area (Å²) in [7, 11) is 0.0619. The Bertz CT molecular complexity index is 531. The van der Waals surface area contributed by atoms with Gasteiger partial charge in [-0.1, -0.05) is 20.8 Å². The fourth-order valence-electron chi connectivity index (χ4n) is 3.07. The molecule has 2 rings (SSSR count). The lowest BCUT2D eigenvalue weighted by atomic mass is 9.86. The summed E-state index contributed by atoms with van der Waals surface area (Å²) in [5.41, 5.74) is 2.20. The molecule has 1 heterocycles. The lowest BCUT2D eigenvalue weighted by molar-refractivity contribution is 0.0946. The van der Waals surface area contributed by atoms with E-state index >= 15 is 0 Å². The number of Topliss-reactive ketones (excluding diaryl/α,β-unsaturated/α-hetero) is 1. The molecule has 1 fully saturated rings. The summed E-state index contributed by atoms with van der Waals surface area (Å²) in [6.45, 7) is 11.7. The summed E-state index contributed by atoms with van der Waals surface area (Å²) in [6, 6.07) is 3.65. The topological polar surface area (TPSA) is 46.5 Å². The van der Waals surface area contributed by atoms with E-state index < -0.39 is 0 Å². The Morgan fingerprint density at radius 3 is 2.14 bits per heavy atom. The van der Waals surface area contributed by atoms with E-state index in [1.807, 2.05) is 26.0 Å². The van der Waals surface area contributed by atoms with Gasteiger partial charge in [-0.25, -0.2) is 0 Å². The van der Waals surface area contributed by atoms with E-state index in [0.29, 0.717) is 0 Å². The lowest BCUT2D eigenvalue weighted by Crippen LogP contribution is -2.47. The number of ether oxygens (including phenoxy) is 1. The van der Waals surface area contributed by atoms with E-state index in [-0.39, 0.29) is 33.1 Å². The Kier molecular flexibility index (Phi) is 5.23. The van der Waals surface area contributed by atoms with E-state index in [1.54, 1.807) is 0 Å². The molecule has 0 spiro atoms. The van der Waals surface area contributed by atoms with Crippen LogP contribution in [0.2, 0.25) is 0 Å². The van der Waals surface area contributed by atoms with Crippen molar-refractivity contribution >= 4 is 16.7 Å². The van der Waals surface area contributed by atoms with Gasteiger partial charge in [-0.2, -0.15) is 0 Å². The zero-order valence-electron chi connectivity index (χ0n) is 14.2. The first kappa shape index (κ1) is 17.4. The summed E-state index contributed by atoms with van der Waals surface area (Å²) >= 11 is 0. The van der Waals surface area contributed by atoms with Crippen molar-refractivity contribution in [2.75, 3.05) is 24.7 Å². The van der Waals surface area contributed by atoms with Gasteiger partial charge in [0, 0.05) is 21.9 Å². The number of aromatic hydroxyl groups is 1. The van der Waals surface area contributed by atoms with Crippen LogP contribution < -0.4 is 0 Å².